The zero-order valence-corrected chi connectivity index (χ0v) is 11.7. The van der Waals surface area contributed by atoms with Gasteiger partial charge in [-0.25, -0.2) is 0 Å². The van der Waals surface area contributed by atoms with E-state index in [1.54, 1.807) is 6.07 Å². The Morgan fingerprint density at radius 2 is 1.65 bits per heavy atom. The van der Waals surface area contributed by atoms with Crippen LogP contribution < -0.4 is 10.3 Å². The van der Waals surface area contributed by atoms with E-state index >= 15 is 0 Å². The molecular formula is C17H17NO2. The summed E-state index contributed by atoms with van der Waals surface area (Å²) in [4.78, 5) is 14.7. The molecule has 0 spiro atoms. The van der Waals surface area contributed by atoms with Crippen LogP contribution in [0, 0.1) is 0 Å². The first-order valence-corrected chi connectivity index (χ1v) is 6.95. The van der Waals surface area contributed by atoms with Crippen LogP contribution in [0.2, 0.25) is 0 Å². The largest absolute Gasteiger partial charge is 0.456 e. The topological polar surface area (TPSA) is 33.5 Å². The van der Waals surface area contributed by atoms with Crippen LogP contribution in [-0.2, 0) is 0 Å². The number of hydrogen-bond acceptors (Lipinski definition) is 3. The Hall–Kier alpha value is -2.29. The number of hydrogen-bond donors (Lipinski definition) is 0. The van der Waals surface area contributed by atoms with E-state index < -0.39 is 0 Å². The lowest BCUT2D eigenvalue weighted by atomic mass is 10.1. The van der Waals surface area contributed by atoms with E-state index in [0.29, 0.717) is 21.9 Å². The van der Waals surface area contributed by atoms with Crippen LogP contribution in [0.5, 0.6) is 0 Å². The molecule has 1 aromatic heterocycles. The molecule has 20 heavy (non-hydrogen) atoms. The molecule has 3 aromatic rings. The van der Waals surface area contributed by atoms with Gasteiger partial charge in [0.25, 0.3) is 0 Å². The zero-order chi connectivity index (χ0) is 14.1. The fourth-order valence-corrected chi connectivity index (χ4v) is 2.58. The number of para-hydroxylation sites is 1. The average Bonchev–Trinajstić information content (AvgIpc) is 2.48. The highest BCUT2D eigenvalue weighted by Gasteiger charge is 2.09. The Morgan fingerprint density at radius 3 is 2.40 bits per heavy atom. The van der Waals surface area contributed by atoms with Crippen molar-refractivity contribution in [3.8, 4) is 0 Å². The number of anilines is 1. The summed E-state index contributed by atoms with van der Waals surface area (Å²) in [6.45, 7) is 6.09. The second-order valence-electron chi connectivity index (χ2n) is 4.78. The highest BCUT2D eigenvalue weighted by molar-refractivity contribution is 5.91. The van der Waals surface area contributed by atoms with Gasteiger partial charge < -0.3 is 9.32 Å². The molecule has 0 fully saturated rings. The third kappa shape index (κ3) is 1.95. The highest BCUT2D eigenvalue weighted by atomic mass is 16.3. The van der Waals surface area contributed by atoms with Crippen LogP contribution in [0.3, 0.4) is 0 Å². The molecule has 0 bridgehead atoms. The summed E-state index contributed by atoms with van der Waals surface area (Å²) < 4.78 is 5.88. The van der Waals surface area contributed by atoms with Crippen LogP contribution in [0.15, 0.2) is 51.7 Å². The lowest BCUT2D eigenvalue weighted by Gasteiger charge is -2.21. The van der Waals surface area contributed by atoms with E-state index in [-0.39, 0.29) is 5.43 Å². The molecule has 0 radical (unpaired) electrons. The Morgan fingerprint density at radius 1 is 0.950 bits per heavy atom. The van der Waals surface area contributed by atoms with Crippen molar-refractivity contribution in [1.82, 2.24) is 0 Å². The average molecular weight is 267 g/mol. The van der Waals surface area contributed by atoms with E-state index in [9.17, 15) is 4.79 Å². The molecule has 3 rings (SSSR count). The highest BCUT2D eigenvalue weighted by Crippen LogP contribution is 2.23. The summed E-state index contributed by atoms with van der Waals surface area (Å²) >= 11 is 0. The number of rotatable bonds is 3. The van der Waals surface area contributed by atoms with Gasteiger partial charge in [0.15, 0.2) is 0 Å². The third-order valence-corrected chi connectivity index (χ3v) is 3.69. The molecule has 0 aliphatic carbocycles. The minimum atomic E-state index is 0.0351. The first-order valence-electron chi connectivity index (χ1n) is 6.95. The number of fused-ring (bicyclic) bond motifs is 2. The quantitative estimate of drug-likeness (QED) is 0.677. The first-order chi connectivity index (χ1) is 9.74. The van der Waals surface area contributed by atoms with Gasteiger partial charge in [0, 0.05) is 24.8 Å². The van der Waals surface area contributed by atoms with Crippen LogP contribution in [0.1, 0.15) is 13.8 Å². The molecule has 0 aliphatic rings. The molecule has 0 saturated heterocycles. The minimum Gasteiger partial charge on any atom is -0.456 e. The number of nitrogens with zero attached hydrogens (tertiary/aromatic N) is 1. The monoisotopic (exact) mass is 267 g/mol. The van der Waals surface area contributed by atoms with Crippen molar-refractivity contribution in [1.29, 1.82) is 0 Å². The predicted octanol–water partition coefficient (Wildman–Crippen LogP) is 3.79. The van der Waals surface area contributed by atoms with Gasteiger partial charge in [-0.1, -0.05) is 12.1 Å². The van der Waals surface area contributed by atoms with E-state index in [2.05, 4.69) is 18.7 Å². The maximum absolute atomic E-state index is 12.4. The second kappa shape index (κ2) is 5.00. The summed E-state index contributed by atoms with van der Waals surface area (Å²) in [5, 5.41) is 1.27. The van der Waals surface area contributed by atoms with Crippen molar-refractivity contribution in [2.75, 3.05) is 18.0 Å². The van der Waals surface area contributed by atoms with Gasteiger partial charge >= 0.3 is 0 Å². The summed E-state index contributed by atoms with van der Waals surface area (Å²) in [5.41, 5.74) is 2.41. The predicted molar refractivity (Wildman–Crippen MR) is 83.6 cm³/mol. The molecule has 0 amide bonds. The van der Waals surface area contributed by atoms with Crippen molar-refractivity contribution >= 4 is 27.6 Å². The van der Waals surface area contributed by atoms with Crippen LogP contribution in [0.25, 0.3) is 21.9 Å². The normalized spacial score (nSPS) is 11.1. The Labute approximate surface area is 117 Å². The van der Waals surface area contributed by atoms with E-state index in [1.165, 1.54) is 0 Å². The van der Waals surface area contributed by atoms with Crippen molar-refractivity contribution in [3.05, 3.63) is 52.7 Å². The Kier molecular flexibility index (Phi) is 3.18. The summed E-state index contributed by atoms with van der Waals surface area (Å²) in [6, 6.07) is 13.2. The number of benzene rings is 2. The molecule has 0 aliphatic heterocycles. The molecule has 3 heteroatoms. The molecule has 0 N–H and O–H groups in total. The fourth-order valence-electron chi connectivity index (χ4n) is 2.58. The summed E-state index contributed by atoms with van der Waals surface area (Å²) in [5.74, 6) is 0. The third-order valence-electron chi connectivity index (χ3n) is 3.69. The Balaban J connectivity index is 2.29. The van der Waals surface area contributed by atoms with E-state index in [1.807, 2.05) is 36.4 Å². The van der Waals surface area contributed by atoms with E-state index in [4.69, 9.17) is 4.42 Å². The van der Waals surface area contributed by atoms with Crippen LogP contribution >= 0.6 is 0 Å². The van der Waals surface area contributed by atoms with Gasteiger partial charge in [-0.3, -0.25) is 4.79 Å². The molecular weight excluding hydrogens is 250 g/mol. The summed E-state index contributed by atoms with van der Waals surface area (Å²) in [7, 11) is 0. The van der Waals surface area contributed by atoms with Crippen molar-refractivity contribution < 1.29 is 4.42 Å². The molecule has 1 heterocycles. The van der Waals surface area contributed by atoms with Crippen molar-refractivity contribution in [2.45, 2.75) is 13.8 Å². The smallest absolute Gasteiger partial charge is 0.200 e. The van der Waals surface area contributed by atoms with Crippen molar-refractivity contribution in [2.24, 2.45) is 0 Å². The molecule has 0 saturated carbocycles. The fraction of sp³-hybridized carbons (Fsp3) is 0.235. The van der Waals surface area contributed by atoms with Gasteiger partial charge in [-0.2, -0.15) is 0 Å². The molecule has 3 nitrogen and oxygen atoms in total. The molecule has 0 unspecified atom stereocenters. The SMILES string of the molecule is CCN(CC)c1ccc2c(=O)c3ccccc3oc2c1. The minimum absolute atomic E-state index is 0.0351. The van der Waals surface area contributed by atoms with Crippen LogP contribution in [-0.4, -0.2) is 13.1 Å². The van der Waals surface area contributed by atoms with Gasteiger partial charge in [0.1, 0.15) is 11.2 Å². The van der Waals surface area contributed by atoms with Gasteiger partial charge in [0.05, 0.1) is 10.8 Å². The summed E-state index contributed by atoms with van der Waals surface area (Å²) in [6.07, 6.45) is 0. The second-order valence-corrected chi connectivity index (χ2v) is 4.78. The van der Waals surface area contributed by atoms with Gasteiger partial charge in [-0.05, 0) is 38.1 Å². The Bertz CT molecular complexity index is 816. The molecule has 2 aromatic carbocycles. The first kappa shape index (κ1) is 12.7. The maximum atomic E-state index is 12.4. The van der Waals surface area contributed by atoms with Gasteiger partial charge in [0.2, 0.25) is 5.43 Å². The molecule has 0 atom stereocenters. The van der Waals surface area contributed by atoms with Gasteiger partial charge in [-0.15, -0.1) is 0 Å². The lowest BCUT2D eigenvalue weighted by Crippen LogP contribution is -2.21. The maximum Gasteiger partial charge on any atom is 0.200 e. The van der Waals surface area contributed by atoms with Crippen LogP contribution in [0.4, 0.5) is 5.69 Å². The standard InChI is InChI=1S/C17H17NO2/c1-3-18(4-2)12-9-10-14-16(11-12)20-15-8-6-5-7-13(15)17(14)19/h5-11H,3-4H2,1-2H3. The molecule has 102 valence electrons. The van der Waals surface area contributed by atoms with E-state index in [0.717, 1.165) is 18.8 Å². The van der Waals surface area contributed by atoms with Crippen molar-refractivity contribution in [3.63, 3.8) is 0 Å². The zero-order valence-electron chi connectivity index (χ0n) is 11.7. The lowest BCUT2D eigenvalue weighted by molar-refractivity contribution is 0.659.